The van der Waals surface area contributed by atoms with E-state index in [2.05, 4.69) is 27.0 Å². The van der Waals surface area contributed by atoms with Gasteiger partial charge in [-0.25, -0.2) is 9.97 Å². The van der Waals surface area contributed by atoms with Crippen molar-refractivity contribution in [3.8, 4) is 0 Å². The monoisotopic (exact) mass is 405 g/mol. The topological polar surface area (TPSA) is 63.5 Å². The van der Waals surface area contributed by atoms with E-state index in [1.54, 1.807) is 12.5 Å². The number of morpholine rings is 1. The van der Waals surface area contributed by atoms with Crippen LogP contribution in [-0.2, 0) is 11.3 Å². The van der Waals surface area contributed by atoms with Crippen molar-refractivity contribution in [3.05, 3.63) is 60.0 Å². The van der Waals surface area contributed by atoms with E-state index in [0.717, 1.165) is 63.4 Å². The maximum atomic E-state index is 13.0. The highest BCUT2D eigenvalue weighted by Crippen LogP contribution is 2.21. The van der Waals surface area contributed by atoms with Crippen LogP contribution in [0.15, 0.2) is 48.9 Å². The number of imidazole rings is 1. The molecule has 7 nitrogen and oxygen atoms in total. The number of piperidine rings is 1. The maximum absolute atomic E-state index is 13.0. The molecule has 0 radical (unpaired) electrons. The SMILES string of the molecule is O=C(c1cnc2c(c1)ncn2Cc1ccccc1)N1CCC(N2CCOCC2)CC1. The molecule has 0 unspecified atom stereocenters. The predicted molar refractivity (Wildman–Crippen MR) is 114 cm³/mol. The number of ether oxygens (including phenoxy) is 1. The molecular formula is C23H27N5O2. The summed E-state index contributed by atoms with van der Waals surface area (Å²) in [7, 11) is 0. The predicted octanol–water partition coefficient (Wildman–Crippen LogP) is 2.42. The van der Waals surface area contributed by atoms with Gasteiger partial charge in [-0.1, -0.05) is 30.3 Å². The summed E-state index contributed by atoms with van der Waals surface area (Å²) in [6.07, 6.45) is 5.54. The lowest BCUT2D eigenvalue weighted by molar-refractivity contribution is 0.00158. The zero-order valence-electron chi connectivity index (χ0n) is 17.1. The molecule has 0 N–H and O–H groups in total. The van der Waals surface area contributed by atoms with Crippen molar-refractivity contribution in [3.63, 3.8) is 0 Å². The van der Waals surface area contributed by atoms with Crippen LogP contribution in [0.3, 0.4) is 0 Å². The first-order chi connectivity index (χ1) is 14.8. The van der Waals surface area contributed by atoms with E-state index < -0.39 is 0 Å². The van der Waals surface area contributed by atoms with E-state index in [1.165, 1.54) is 5.56 Å². The van der Waals surface area contributed by atoms with Crippen molar-refractivity contribution < 1.29 is 9.53 Å². The van der Waals surface area contributed by atoms with Gasteiger partial charge in [0.15, 0.2) is 5.65 Å². The third-order valence-electron chi connectivity index (χ3n) is 6.21. The number of aromatic nitrogens is 3. The van der Waals surface area contributed by atoms with Crippen molar-refractivity contribution >= 4 is 17.1 Å². The Bertz CT molecular complexity index is 1000. The molecule has 2 aliphatic heterocycles. The van der Waals surface area contributed by atoms with Gasteiger partial charge in [-0.05, 0) is 24.5 Å². The van der Waals surface area contributed by atoms with Gasteiger partial charge in [-0.3, -0.25) is 9.69 Å². The maximum Gasteiger partial charge on any atom is 0.255 e. The van der Waals surface area contributed by atoms with Gasteiger partial charge in [0.1, 0.15) is 5.52 Å². The van der Waals surface area contributed by atoms with Crippen molar-refractivity contribution in [2.75, 3.05) is 39.4 Å². The van der Waals surface area contributed by atoms with Gasteiger partial charge >= 0.3 is 0 Å². The van der Waals surface area contributed by atoms with Crippen LogP contribution in [0, 0.1) is 0 Å². The van der Waals surface area contributed by atoms with Crippen LogP contribution in [0.1, 0.15) is 28.8 Å². The number of carbonyl (C=O) groups is 1. The van der Waals surface area contributed by atoms with Crippen LogP contribution in [0.5, 0.6) is 0 Å². The summed E-state index contributed by atoms with van der Waals surface area (Å²) in [5.41, 5.74) is 3.39. The summed E-state index contributed by atoms with van der Waals surface area (Å²) in [5.74, 6) is 0.0578. The van der Waals surface area contributed by atoms with Crippen LogP contribution in [0.4, 0.5) is 0 Å². The average molecular weight is 406 g/mol. The minimum absolute atomic E-state index is 0.0578. The number of hydrogen-bond donors (Lipinski definition) is 0. The number of fused-ring (bicyclic) bond motifs is 1. The van der Waals surface area contributed by atoms with Gasteiger partial charge in [0.05, 0.1) is 31.6 Å². The molecule has 2 saturated heterocycles. The molecule has 0 aliphatic carbocycles. The number of amides is 1. The van der Waals surface area contributed by atoms with E-state index in [4.69, 9.17) is 4.74 Å². The second-order valence-corrected chi connectivity index (χ2v) is 8.10. The van der Waals surface area contributed by atoms with E-state index in [-0.39, 0.29) is 5.91 Å². The molecule has 0 atom stereocenters. The molecule has 0 bridgehead atoms. The Morgan fingerprint density at radius 3 is 2.57 bits per heavy atom. The smallest absolute Gasteiger partial charge is 0.255 e. The first-order valence-electron chi connectivity index (χ1n) is 10.7. The summed E-state index contributed by atoms with van der Waals surface area (Å²) in [6, 6.07) is 12.7. The molecule has 4 heterocycles. The minimum atomic E-state index is 0.0578. The standard InChI is InChI=1S/C23H27N5O2/c29-23(27-8-6-20(7-9-27)26-10-12-30-13-11-26)19-14-21-22(24-15-19)28(17-25-21)16-18-4-2-1-3-5-18/h1-5,14-15,17,20H,6-13,16H2. The third-order valence-corrected chi connectivity index (χ3v) is 6.21. The van der Waals surface area contributed by atoms with Gasteiger partial charge in [-0.2, -0.15) is 0 Å². The molecule has 2 aromatic heterocycles. The normalized spacial score (nSPS) is 18.7. The van der Waals surface area contributed by atoms with Gasteiger partial charge in [0.25, 0.3) is 5.91 Å². The van der Waals surface area contributed by atoms with Crippen molar-refractivity contribution in [1.29, 1.82) is 0 Å². The van der Waals surface area contributed by atoms with Crippen molar-refractivity contribution in [2.45, 2.75) is 25.4 Å². The van der Waals surface area contributed by atoms with E-state index in [0.29, 0.717) is 18.2 Å². The lowest BCUT2D eigenvalue weighted by Gasteiger charge is -2.40. The Balaban J connectivity index is 1.25. The fourth-order valence-electron chi connectivity index (χ4n) is 4.52. The Kier molecular flexibility index (Phi) is 5.46. The molecule has 7 heteroatoms. The fraction of sp³-hybridized carbons (Fsp3) is 0.435. The van der Waals surface area contributed by atoms with Gasteiger partial charge in [0, 0.05) is 38.4 Å². The molecular weight excluding hydrogens is 378 g/mol. The number of benzene rings is 1. The highest BCUT2D eigenvalue weighted by Gasteiger charge is 2.28. The van der Waals surface area contributed by atoms with Crippen LogP contribution in [-0.4, -0.2) is 75.7 Å². The van der Waals surface area contributed by atoms with Gasteiger partial charge in [-0.15, -0.1) is 0 Å². The summed E-state index contributed by atoms with van der Waals surface area (Å²) in [6.45, 7) is 5.95. The van der Waals surface area contributed by atoms with Crippen molar-refractivity contribution in [1.82, 2.24) is 24.3 Å². The number of carbonyl (C=O) groups excluding carboxylic acids is 1. The molecule has 2 aliphatic rings. The fourth-order valence-corrected chi connectivity index (χ4v) is 4.52. The zero-order valence-corrected chi connectivity index (χ0v) is 17.1. The third kappa shape index (κ3) is 3.95. The molecule has 1 aromatic carbocycles. The second kappa shape index (κ2) is 8.53. The van der Waals surface area contributed by atoms with Crippen LogP contribution in [0.25, 0.3) is 11.2 Å². The van der Waals surface area contributed by atoms with E-state index in [9.17, 15) is 4.79 Å². The minimum Gasteiger partial charge on any atom is -0.379 e. The first-order valence-corrected chi connectivity index (χ1v) is 10.7. The number of rotatable bonds is 4. The lowest BCUT2D eigenvalue weighted by atomic mass is 10.0. The highest BCUT2D eigenvalue weighted by atomic mass is 16.5. The largest absolute Gasteiger partial charge is 0.379 e. The number of nitrogens with zero attached hydrogens (tertiary/aromatic N) is 5. The molecule has 2 fully saturated rings. The lowest BCUT2D eigenvalue weighted by Crippen LogP contribution is -2.50. The molecule has 3 aromatic rings. The Labute approximate surface area is 176 Å². The van der Waals surface area contributed by atoms with E-state index in [1.807, 2.05) is 33.7 Å². The molecule has 156 valence electrons. The molecule has 5 rings (SSSR count). The van der Waals surface area contributed by atoms with Crippen LogP contribution < -0.4 is 0 Å². The summed E-state index contributed by atoms with van der Waals surface area (Å²) in [4.78, 5) is 26.6. The molecule has 0 saturated carbocycles. The summed E-state index contributed by atoms with van der Waals surface area (Å²) < 4.78 is 7.48. The number of likely N-dealkylation sites (tertiary alicyclic amines) is 1. The van der Waals surface area contributed by atoms with Gasteiger partial charge in [0.2, 0.25) is 0 Å². The highest BCUT2D eigenvalue weighted by molar-refractivity contribution is 5.96. The quantitative estimate of drug-likeness (QED) is 0.667. The Morgan fingerprint density at radius 2 is 1.80 bits per heavy atom. The van der Waals surface area contributed by atoms with Crippen LogP contribution in [0.2, 0.25) is 0 Å². The van der Waals surface area contributed by atoms with Crippen LogP contribution >= 0.6 is 0 Å². The Hall–Kier alpha value is -2.77. The Morgan fingerprint density at radius 1 is 1.03 bits per heavy atom. The number of hydrogen-bond acceptors (Lipinski definition) is 5. The van der Waals surface area contributed by atoms with E-state index >= 15 is 0 Å². The zero-order chi connectivity index (χ0) is 20.3. The molecule has 1 amide bonds. The van der Waals surface area contributed by atoms with Gasteiger partial charge < -0.3 is 14.2 Å². The summed E-state index contributed by atoms with van der Waals surface area (Å²) >= 11 is 0. The number of pyridine rings is 1. The molecule has 0 spiro atoms. The second-order valence-electron chi connectivity index (χ2n) is 8.10. The molecule has 30 heavy (non-hydrogen) atoms. The van der Waals surface area contributed by atoms with Crippen molar-refractivity contribution in [2.24, 2.45) is 0 Å². The summed E-state index contributed by atoms with van der Waals surface area (Å²) in [5, 5.41) is 0. The average Bonchev–Trinajstić information content (AvgIpc) is 3.22. The first kappa shape index (κ1) is 19.2.